The van der Waals surface area contributed by atoms with Gasteiger partial charge in [0, 0.05) is 32.9 Å². The Hall–Kier alpha value is -7.36. The van der Waals surface area contributed by atoms with Crippen molar-refractivity contribution in [3.05, 3.63) is 205 Å². The summed E-state index contributed by atoms with van der Waals surface area (Å²) in [6.45, 7) is 0. The van der Waals surface area contributed by atoms with Gasteiger partial charge in [0.05, 0.1) is 6.04 Å². The molecule has 0 saturated heterocycles. The molecule has 57 heavy (non-hydrogen) atoms. The summed E-state index contributed by atoms with van der Waals surface area (Å²) in [6, 6.07) is 68.0. The van der Waals surface area contributed by atoms with Crippen LogP contribution in [0.4, 0.5) is 5.69 Å². The molecule has 0 aliphatic carbocycles. The Balaban J connectivity index is 1.17. The zero-order chi connectivity index (χ0) is 37.5. The number of anilines is 1. The summed E-state index contributed by atoms with van der Waals surface area (Å²) in [4.78, 5) is 2.55. The zero-order valence-electron chi connectivity index (χ0n) is 31.0. The van der Waals surface area contributed by atoms with Gasteiger partial charge < -0.3 is 13.7 Å². The van der Waals surface area contributed by atoms with Crippen molar-refractivity contribution in [2.45, 2.75) is 12.5 Å². The van der Waals surface area contributed by atoms with Gasteiger partial charge in [-0.2, -0.15) is 0 Å². The molecule has 9 aromatic carbocycles. The number of hydrogen-bond donors (Lipinski definition) is 0. The lowest BCUT2D eigenvalue weighted by Gasteiger charge is -2.31. The minimum atomic E-state index is 0.160. The minimum Gasteiger partial charge on any atom is -0.456 e. The van der Waals surface area contributed by atoms with Crippen molar-refractivity contribution in [2.24, 2.45) is 0 Å². The Morgan fingerprint density at radius 1 is 0.368 bits per heavy atom. The molecule has 1 aliphatic heterocycles. The maximum atomic E-state index is 6.33. The highest BCUT2D eigenvalue weighted by atomic mass is 16.3. The predicted molar refractivity (Wildman–Crippen MR) is 238 cm³/mol. The Morgan fingerprint density at radius 2 is 0.860 bits per heavy atom. The van der Waals surface area contributed by atoms with Crippen molar-refractivity contribution in [1.29, 1.82) is 0 Å². The van der Waals surface area contributed by atoms with Crippen LogP contribution in [0.5, 0.6) is 0 Å². The number of nitrogens with zero attached hydrogens (tertiary/aromatic N) is 1. The van der Waals surface area contributed by atoms with E-state index in [1.54, 1.807) is 0 Å². The standard InChI is InChI=1S/C54H35NO2/c1-3-13-34(14-4-1)47-27-28-48(35-15-5-2-6-16-35)55(47)38-25-26-43-46(33-38)54(37-24-30-52-45(32-37)40-18-10-12-22-50(40)57-52)42-20-8-7-19-41(42)53(43)36-23-29-51-44(31-36)39-17-9-11-21-49(39)56-51/h1-27,29-33,48H,28H2. The molecule has 11 aromatic rings. The molecule has 0 amide bonds. The van der Waals surface area contributed by atoms with E-state index in [1.165, 1.54) is 55.1 Å². The van der Waals surface area contributed by atoms with Gasteiger partial charge in [0.2, 0.25) is 0 Å². The maximum Gasteiger partial charge on any atom is 0.135 e. The molecule has 3 heteroatoms. The normalized spacial score (nSPS) is 14.5. The van der Waals surface area contributed by atoms with Crippen LogP contribution in [0.25, 0.3) is 93.4 Å². The smallest absolute Gasteiger partial charge is 0.135 e. The third kappa shape index (κ3) is 4.99. The summed E-state index contributed by atoms with van der Waals surface area (Å²) >= 11 is 0. The molecule has 3 nitrogen and oxygen atoms in total. The topological polar surface area (TPSA) is 29.5 Å². The van der Waals surface area contributed by atoms with Crippen molar-refractivity contribution >= 4 is 76.8 Å². The van der Waals surface area contributed by atoms with E-state index in [9.17, 15) is 0 Å². The van der Waals surface area contributed by atoms with Crippen LogP contribution in [0.3, 0.4) is 0 Å². The second-order valence-electron chi connectivity index (χ2n) is 15.1. The second-order valence-corrected chi connectivity index (χ2v) is 15.1. The van der Waals surface area contributed by atoms with E-state index in [0.29, 0.717) is 0 Å². The first-order valence-corrected chi connectivity index (χ1v) is 19.7. The predicted octanol–water partition coefficient (Wildman–Crippen LogP) is 15.1. The van der Waals surface area contributed by atoms with Crippen LogP contribution in [-0.2, 0) is 0 Å². The number of hydrogen-bond acceptors (Lipinski definition) is 3. The number of benzene rings is 9. The van der Waals surface area contributed by atoms with Crippen molar-refractivity contribution in [3.8, 4) is 22.3 Å². The Labute approximate surface area is 329 Å². The van der Waals surface area contributed by atoms with Gasteiger partial charge in [-0.1, -0.05) is 146 Å². The van der Waals surface area contributed by atoms with E-state index in [-0.39, 0.29) is 6.04 Å². The molecule has 1 atom stereocenters. The first-order chi connectivity index (χ1) is 28.3. The molecular weight excluding hydrogens is 695 g/mol. The van der Waals surface area contributed by atoms with Gasteiger partial charge in [0.25, 0.3) is 0 Å². The van der Waals surface area contributed by atoms with E-state index >= 15 is 0 Å². The molecule has 0 saturated carbocycles. The monoisotopic (exact) mass is 729 g/mol. The molecule has 2 aromatic heterocycles. The van der Waals surface area contributed by atoms with Crippen LogP contribution in [0, 0.1) is 0 Å². The van der Waals surface area contributed by atoms with Crippen molar-refractivity contribution in [3.63, 3.8) is 0 Å². The number of fused-ring (bicyclic) bond motifs is 8. The van der Waals surface area contributed by atoms with E-state index in [4.69, 9.17) is 8.83 Å². The molecule has 3 heterocycles. The fourth-order valence-corrected chi connectivity index (χ4v) is 9.44. The van der Waals surface area contributed by atoms with Crippen molar-refractivity contribution in [1.82, 2.24) is 0 Å². The summed E-state index contributed by atoms with van der Waals surface area (Å²) in [6.07, 6.45) is 3.33. The number of rotatable bonds is 5. The van der Waals surface area contributed by atoms with Gasteiger partial charge >= 0.3 is 0 Å². The van der Waals surface area contributed by atoms with E-state index in [0.717, 1.165) is 61.5 Å². The highest BCUT2D eigenvalue weighted by Crippen LogP contribution is 2.49. The van der Waals surface area contributed by atoms with Gasteiger partial charge in [0.1, 0.15) is 22.3 Å². The van der Waals surface area contributed by atoms with Crippen LogP contribution in [-0.4, -0.2) is 0 Å². The Morgan fingerprint density at radius 3 is 1.47 bits per heavy atom. The van der Waals surface area contributed by atoms with Gasteiger partial charge in [-0.25, -0.2) is 0 Å². The Kier molecular flexibility index (Phi) is 7.05. The van der Waals surface area contributed by atoms with Crippen LogP contribution in [0.2, 0.25) is 0 Å². The van der Waals surface area contributed by atoms with Crippen molar-refractivity contribution < 1.29 is 8.83 Å². The van der Waals surface area contributed by atoms with Crippen molar-refractivity contribution in [2.75, 3.05) is 4.90 Å². The lowest BCUT2D eigenvalue weighted by atomic mass is 9.85. The third-order valence-corrected chi connectivity index (χ3v) is 12.0. The van der Waals surface area contributed by atoms with E-state index in [2.05, 4.69) is 187 Å². The lowest BCUT2D eigenvalue weighted by molar-refractivity contribution is 0.668. The molecule has 1 aliphatic rings. The molecule has 0 N–H and O–H groups in total. The summed E-state index contributed by atoms with van der Waals surface area (Å²) in [5, 5.41) is 9.33. The number of furan rings is 2. The maximum absolute atomic E-state index is 6.33. The van der Waals surface area contributed by atoms with Gasteiger partial charge in [0.15, 0.2) is 0 Å². The van der Waals surface area contributed by atoms with Gasteiger partial charge in [-0.05, 0) is 110 Å². The minimum absolute atomic E-state index is 0.160. The Bertz CT molecular complexity index is 3390. The molecule has 0 radical (unpaired) electrons. The second kappa shape index (κ2) is 12.6. The molecule has 0 fully saturated rings. The quantitative estimate of drug-likeness (QED) is 0.165. The van der Waals surface area contributed by atoms with Crippen LogP contribution in [0.1, 0.15) is 23.6 Å². The van der Waals surface area contributed by atoms with Crippen LogP contribution in [0.15, 0.2) is 203 Å². The third-order valence-electron chi connectivity index (χ3n) is 12.0. The average molecular weight is 730 g/mol. The zero-order valence-corrected chi connectivity index (χ0v) is 31.0. The molecule has 0 bridgehead atoms. The van der Waals surface area contributed by atoms with Crippen LogP contribution >= 0.6 is 0 Å². The first kappa shape index (κ1) is 31.9. The fourth-order valence-electron chi connectivity index (χ4n) is 9.44. The first-order valence-electron chi connectivity index (χ1n) is 19.7. The van der Waals surface area contributed by atoms with E-state index < -0.39 is 0 Å². The highest BCUT2D eigenvalue weighted by molar-refractivity contribution is 6.23. The SMILES string of the molecule is C1=C(c2ccccc2)N(c2ccc3c(-c4ccc5oc6ccccc6c5c4)c4ccccc4c(-c4ccc5oc6ccccc6c5c4)c3c2)C(c2ccccc2)C1. The van der Waals surface area contributed by atoms with Gasteiger partial charge in [-0.3, -0.25) is 0 Å². The van der Waals surface area contributed by atoms with E-state index in [1.807, 2.05) is 12.1 Å². The molecule has 12 rings (SSSR count). The van der Waals surface area contributed by atoms with Crippen LogP contribution < -0.4 is 4.90 Å². The molecular formula is C54H35NO2. The molecule has 268 valence electrons. The fraction of sp³-hybridized carbons (Fsp3) is 0.0370. The summed E-state index contributed by atoms with van der Waals surface area (Å²) in [7, 11) is 0. The lowest BCUT2D eigenvalue weighted by Crippen LogP contribution is -2.22. The molecule has 0 spiro atoms. The summed E-state index contributed by atoms with van der Waals surface area (Å²) in [5.41, 5.74) is 13.3. The highest BCUT2D eigenvalue weighted by Gasteiger charge is 2.30. The molecule has 1 unspecified atom stereocenters. The average Bonchev–Trinajstić information content (AvgIpc) is 3.99. The van der Waals surface area contributed by atoms with Gasteiger partial charge in [-0.15, -0.1) is 0 Å². The largest absolute Gasteiger partial charge is 0.456 e. The summed E-state index contributed by atoms with van der Waals surface area (Å²) < 4.78 is 12.6. The number of para-hydroxylation sites is 2. The summed E-state index contributed by atoms with van der Waals surface area (Å²) in [5.74, 6) is 0.